The second-order valence-electron chi connectivity index (χ2n) is 5.95. The minimum Gasteiger partial charge on any atom is -0.332 e. The lowest BCUT2D eigenvalue weighted by molar-refractivity contribution is -0.384. The van der Waals surface area contributed by atoms with Gasteiger partial charge in [-0.25, -0.2) is 9.78 Å². The number of benzene rings is 1. The van der Waals surface area contributed by atoms with Gasteiger partial charge < -0.3 is 4.98 Å². The molecule has 0 radical (unpaired) electrons. The fourth-order valence-electron chi connectivity index (χ4n) is 2.68. The van der Waals surface area contributed by atoms with Crippen LogP contribution in [-0.4, -0.2) is 34.2 Å². The third kappa shape index (κ3) is 2.90. The topological polar surface area (TPSA) is 144 Å². The molecule has 0 aliphatic heterocycles. The van der Waals surface area contributed by atoms with E-state index in [1.807, 2.05) is 0 Å². The van der Waals surface area contributed by atoms with Gasteiger partial charge in [-0.15, -0.1) is 0 Å². The first kappa shape index (κ1) is 16.4. The van der Waals surface area contributed by atoms with Crippen molar-refractivity contribution in [2.45, 2.75) is 6.54 Å². The predicted molar refractivity (Wildman–Crippen MR) is 95.4 cm³/mol. The normalized spacial score (nSPS) is 11.1. The van der Waals surface area contributed by atoms with Gasteiger partial charge in [0.1, 0.15) is 11.3 Å². The molecule has 0 fully saturated rings. The number of nitrogens with one attached hydrogen (secondary N) is 2. The molecule has 136 valence electrons. The van der Waals surface area contributed by atoms with E-state index in [9.17, 15) is 19.7 Å². The van der Waals surface area contributed by atoms with E-state index < -0.39 is 16.2 Å². The van der Waals surface area contributed by atoms with Crippen LogP contribution in [0.2, 0.25) is 0 Å². The third-order valence-corrected chi connectivity index (χ3v) is 4.15. The van der Waals surface area contributed by atoms with Gasteiger partial charge in [0, 0.05) is 25.4 Å². The Hall–Kier alpha value is -4.02. The lowest BCUT2D eigenvalue weighted by Gasteiger charge is -2.01. The summed E-state index contributed by atoms with van der Waals surface area (Å²) in [6.45, 7) is 0.414. The maximum Gasteiger partial charge on any atom is 0.329 e. The molecule has 0 aliphatic rings. The van der Waals surface area contributed by atoms with E-state index in [0.29, 0.717) is 17.9 Å². The molecule has 2 N–H and O–H groups in total. The lowest BCUT2D eigenvalue weighted by atomic mass is 10.2. The molecule has 1 aromatic carbocycles. The maximum atomic E-state index is 12.1. The highest BCUT2D eigenvalue weighted by atomic mass is 16.6. The molecule has 4 aromatic rings. The number of nitro benzene ring substituents is 1. The molecule has 0 saturated heterocycles. The number of nitrogens with zero attached hydrogens (tertiary/aromatic N) is 5. The molecule has 0 bridgehead atoms. The maximum absolute atomic E-state index is 12.1. The first-order chi connectivity index (χ1) is 12.9. The first-order valence-corrected chi connectivity index (χ1v) is 7.87. The minimum absolute atomic E-state index is 0.0257. The fraction of sp³-hybridized carbons (Fsp3) is 0.125. The van der Waals surface area contributed by atoms with Crippen LogP contribution in [0.25, 0.3) is 22.6 Å². The molecule has 0 saturated carbocycles. The molecular formula is C16H13N7O4. The van der Waals surface area contributed by atoms with Crippen molar-refractivity contribution in [3.05, 3.63) is 73.2 Å². The molecular weight excluding hydrogens is 354 g/mol. The molecule has 27 heavy (non-hydrogen) atoms. The number of non-ortho nitro benzene ring substituents is 1. The van der Waals surface area contributed by atoms with E-state index in [1.165, 1.54) is 19.2 Å². The molecule has 0 atom stereocenters. The van der Waals surface area contributed by atoms with E-state index in [2.05, 4.69) is 20.1 Å². The Morgan fingerprint density at radius 1 is 1.19 bits per heavy atom. The largest absolute Gasteiger partial charge is 0.332 e. The van der Waals surface area contributed by atoms with Crippen molar-refractivity contribution < 1.29 is 4.92 Å². The van der Waals surface area contributed by atoms with Gasteiger partial charge in [0.05, 0.1) is 23.2 Å². The van der Waals surface area contributed by atoms with Crippen LogP contribution in [-0.2, 0) is 13.6 Å². The zero-order valence-electron chi connectivity index (χ0n) is 14.0. The molecule has 0 aliphatic carbocycles. The van der Waals surface area contributed by atoms with E-state index in [-0.39, 0.29) is 16.9 Å². The van der Waals surface area contributed by atoms with E-state index in [1.54, 1.807) is 29.2 Å². The van der Waals surface area contributed by atoms with Gasteiger partial charge in [-0.1, -0.05) is 12.1 Å². The summed E-state index contributed by atoms with van der Waals surface area (Å²) in [4.78, 5) is 43.7. The Kier molecular flexibility index (Phi) is 3.69. The summed E-state index contributed by atoms with van der Waals surface area (Å²) in [5, 5.41) is 14.9. The van der Waals surface area contributed by atoms with Crippen LogP contribution in [0.5, 0.6) is 0 Å². The first-order valence-electron chi connectivity index (χ1n) is 7.87. The molecule has 11 heteroatoms. The van der Waals surface area contributed by atoms with E-state index in [4.69, 9.17) is 0 Å². The summed E-state index contributed by atoms with van der Waals surface area (Å²) < 4.78 is 2.60. The lowest BCUT2D eigenvalue weighted by Crippen LogP contribution is -2.32. The van der Waals surface area contributed by atoms with Crippen LogP contribution < -0.4 is 11.2 Å². The van der Waals surface area contributed by atoms with E-state index >= 15 is 0 Å². The quantitative estimate of drug-likeness (QED) is 0.402. The number of nitro groups is 1. The van der Waals surface area contributed by atoms with Gasteiger partial charge in [0.25, 0.3) is 11.2 Å². The highest BCUT2D eigenvalue weighted by Crippen LogP contribution is 2.18. The number of hydrogen-bond donors (Lipinski definition) is 2. The average molecular weight is 367 g/mol. The van der Waals surface area contributed by atoms with Gasteiger partial charge in [-0.05, 0) is 5.56 Å². The van der Waals surface area contributed by atoms with Crippen molar-refractivity contribution in [1.82, 2.24) is 29.3 Å². The predicted octanol–water partition coefficient (Wildman–Crippen LogP) is 0.770. The highest BCUT2D eigenvalue weighted by Gasteiger charge is 2.13. The van der Waals surface area contributed by atoms with Crippen LogP contribution in [0.1, 0.15) is 5.56 Å². The Balaban J connectivity index is 1.63. The SMILES string of the molecule is Cn1c(=O)[nH]c2nc(-c3cnn(Cc4ccc([N+](=O)[O-])cc4)c3)[nH]c2c1=O. The second kappa shape index (κ2) is 6.05. The van der Waals surface area contributed by atoms with Crippen molar-refractivity contribution in [1.29, 1.82) is 0 Å². The Labute approximate surface area is 150 Å². The molecule has 3 heterocycles. The fourth-order valence-corrected chi connectivity index (χ4v) is 2.68. The van der Waals surface area contributed by atoms with Crippen molar-refractivity contribution >= 4 is 16.9 Å². The van der Waals surface area contributed by atoms with Gasteiger partial charge in [-0.2, -0.15) is 5.10 Å². The van der Waals surface area contributed by atoms with Gasteiger partial charge in [0.2, 0.25) is 0 Å². The minimum atomic E-state index is -0.542. The summed E-state index contributed by atoms with van der Waals surface area (Å²) in [6.07, 6.45) is 3.30. The van der Waals surface area contributed by atoms with Crippen LogP contribution >= 0.6 is 0 Å². The smallest absolute Gasteiger partial charge is 0.329 e. The van der Waals surface area contributed by atoms with Crippen LogP contribution in [0.15, 0.2) is 46.2 Å². The highest BCUT2D eigenvalue weighted by molar-refractivity contribution is 5.74. The molecule has 0 spiro atoms. The number of aromatic amines is 2. The molecule has 11 nitrogen and oxygen atoms in total. The van der Waals surface area contributed by atoms with Gasteiger partial charge >= 0.3 is 5.69 Å². The summed E-state index contributed by atoms with van der Waals surface area (Å²) in [7, 11) is 1.38. The molecule has 3 aromatic heterocycles. The molecule has 4 rings (SSSR count). The summed E-state index contributed by atoms with van der Waals surface area (Å²) in [6, 6.07) is 6.19. The Morgan fingerprint density at radius 3 is 2.63 bits per heavy atom. The average Bonchev–Trinajstić information content (AvgIpc) is 3.27. The number of hydrogen-bond acceptors (Lipinski definition) is 6. The Morgan fingerprint density at radius 2 is 1.93 bits per heavy atom. The molecule has 0 unspecified atom stereocenters. The third-order valence-electron chi connectivity index (χ3n) is 4.15. The molecule has 0 amide bonds. The summed E-state index contributed by atoms with van der Waals surface area (Å²) >= 11 is 0. The second-order valence-corrected chi connectivity index (χ2v) is 5.95. The van der Waals surface area contributed by atoms with Crippen molar-refractivity contribution in [2.24, 2.45) is 7.05 Å². The zero-order valence-corrected chi connectivity index (χ0v) is 14.0. The number of fused-ring (bicyclic) bond motifs is 1. The monoisotopic (exact) mass is 367 g/mol. The zero-order chi connectivity index (χ0) is 19.1. The number of aromatic nitrogens is 6. The van der Waals surface area contributed by atoms with Crippen molar-refractivity contribution in [2.75, 3.05) is 0 Å². The summed E-state index contributed by atoms with van der Waals surface area (Å²) in [5.41, 5.74) is 0.883. The van der Waals surface area contributed by atoms with Crippen molar-refractivity contribution in [3.8, 4) is 11.4 Å². The van der Waals surface area contributed by atoms with Gasteiger partial charge in [0.15, 0.2) is 5.65 Å². The van der Waals surface area contributed by atoms with Crippen LogP contribution in [0.4, 0.5) is 5.69 Å². The van der Waals surface area contributed by atoms with Crippen LogP contribution in [0, 0.1) is 10.1 Å². The van der Waals surface area contributed by atoms with E-state index in [0.717, 1.165) is 10.1 Å². The van der Waals surface area contributed by atoms with Gasteiger partial charge in [-0.3, -0.25) is 29.1 Å². The Bertz CT molecular complexity index is 1280. The van der Waals surface area contributed by atoms with Crippen LogP contribution in [0.3, 0.4) is 0 Å². The standard InChI is InChI=1S/C16H13N7O4/c1-21-15(24)12-14(20-16(21)25)19-13(18-12)10-6-17-22(8-10)7-9-2-4-11(5-3-9)23(26)27/h2-6,8H,7H2,1H3,(H,18,19)(H,20,25). The number of rotatable bonds is 4. The number of imidazole rings is 1. The van der Waals surface area contributed by atoms with Crippen molar-refractivity contribution in [3.63, 3.8) is 0 Å². The number of H-pyrrole nitrogens is 2. The summed E-state index contributed by atoms with van der Waals surface area (Å²) in [5.74, 6) is 0.402.